The van der Waals surface area contributed by atoms with Gasteiger partial charge in [0.1, 0.15) is 6.10 Å². The highest BCUT2D eigenvalue weighted by molar-refractivity contribution is 9.10. The first-order valence-electron chi connectivity index (χ1n) is 7.34. The fourth-order valence-electron chi connectivity index (χ4n) is 2.91. The fourth-order valence-corrected chi connectivity index (χ4v) is 3.15. The molecule has 0 spiro atoms. The minimum absolute atomic E-state index is 0.0348. The van der Waals surface area contributed by atoms with E-state index in [1.807, 2.05) is 6.07 Å². The molecule has 0 aromatic carbocycles. The third kappa shape index (κ3) is 3.24. The number of pyridine rings is 1. The molecule has 3 rings (SSSR count). The maximum Gasteiger partial charge on any atom is 0.228 e. The van der Waals surface area contributed by atoms with Gasteiger partial charge >= 0.3 is 0 Å². The molecule has 3 heterocycles. The molecule has 2 unspecified atom stereocenters. The van der Waals surface area contributed by atoms with E-state index in [1.165, 1.54) is 0 Å². The second-order valence-corrected chi connectivity index (χ2v) is 6.72. The highest BCUT2D eigenvalue weighted by atomic mass is 79.9. The molecule has 2 aliphatic rings. The summed E-state index contributed by atoms with van der Waals surface area (Å²) >= 11 is 3.33. The largest absolute Gasteiger partial charge is 0.472 e. The normalized spacial score (nSPS) is 24.9. The molecule has 0 aliphatic carbocycles. The zero-order valence-corrected chi connectivity index (χ0v) is 14.0. The summed E-state index contributed by atoms with van der Waals surface area (Å²) in [6, 6.07) is 3.68. The van der Waals surface area contributed by atoms with Gasteiger partial charge in [-0.15, -0.1) is 0 Å². The van der Waals surface area contributed by atoms with Gasteiger partial charge in [-0.3, -0.25) is 9.59 Å². The standard InChI is InChI=1S/C15H18BrN3O3/c1-18-8-10(6-14(18)20)15(21)19-5-4-12(9-19)22-13-3-2-11(16)7-17-13/h2-3,7,10,12H,4-6,8-9H2,1H3. The van der Waals surface area contributed by atoms with Crippen LogP contribution < -0.4 is 4.74 Å². The number of nitrogens with zero attached hydrogens (tertiary/aromatic N) is 3. The van der Waals surface area contributed by atoms with E-state index in [0.29, 0.717) is 31.9 Å². The van der Waals surface area contributed by atoms with Crippen LogP contribution in [0.1, 0.15) is 12.8 Å². The van der Waals surface area contributed by atoms with Crippen molar-refractivity contribution in [1.82, 2.24) is 14.8 Å². The molecule has 118 valence electrons. The minimum Gasteiger partial charge on any atom is -0.472 e. The van der Waals surface area contributed by atoms with Gasteiger partial charge in [0.2, 0.25) is 17.7 Å². The van der Waals surface area contributed by atoms with Gasteiger partial charge in [0.15, 0.2) is 0 Å². The van der Waals surface area contributed by atoms with E-state index in [1.54, 1.807) is 29.1 Å². The van der Waals surface area contributed by atoms with E-state index < -0.39 is 0 Å². The van der Waals surface area contributed by atoms with Crippen LogP contribution in [0.25, 0.3) is 0 Å². The van der Waals surface area contributed by atoms with Crippen LogP contribution in [-0.4, -0.2) is 59.4 Å². The lowest BCUT2D eigenvalue weighted by Crippen LogP contribution is -2.36. The highest BCUT2D eigenvalue weighted by Gasteiger charge is 2.37. The van der Waals surface area contributed by atoms with E-state index in [-0.39, 0.29) is 23.8 Å². The van der Waals surface area contributed by atoms with Gasteiger partial charge in [0.25, 0.3) is 0 Å². The average Bonchev–Trinajstić information content (AvgIpc) is 3.08. The second kappa shape index (κ2) is 6.24. The quantitative estimate of drug-likeness (QED) is 0.807. The van der Waals surface area contributed by atoms with E-state index in [0.717, 1.165) is 10.9 Å². The van der Waals surface area contributed by atoms with Gasteiger partial charge < -0.3 is 14.5 Å². The topological polar surface area (TPSA) is 62.7 Å². The predicted octanol–water partition coefficient (Wildman–Crippen LogP) is 1.30. The summed E-state index contributed by atoms with van der Waals surface area (Å²) in [5, 5.41) is 0. The molecule has 2 fully saturated rings. The number of aromatic nitrogens is 1. The lowest BCUT2D eigenvalue weighted by molar-refractivity contribution is -0.135. The Morgan fingerprint density at radius 3 is 2.86 bits per heavy atom. The molecule has 0 radical (unpaired) electrons. The predicted molar refractivity (Wildman–Crippen MR) is 83.3 cm³/mol. The molecule has 22 heavy (non-hydrogen) atoms. The molecule has 6 nitrogen and oxygen atoms in total. The first-order valence-corrected chi connectivity index (χ1v) is 8.13. The SMILES string of the molecule is CN1CC(C(=O)N2CCC(Oc3ccc(Br)cn3)C2)CC1=O. The Bertz CT molecular complexity index is 578. The summed E-state index contributed by atoms with van der Waals surface area (Å²) in [4.78, 5) is 31.6. The third-order valence-corrected chi connectivity index (χ3v) is 4.60. The van der Waals surface area contributed by atoms with Gasteiger partial charge in [0, 0.05) is 49.7 Å². The summed E-state index contributed by atoms with van der Waals surface area (Å²) in [7, 11) is 1.74. The van der Waals surface area contributed by atoms with Crippen LogP contribution in [0.3, 0.4) is 0 Å². The Morgan fingerprint density at radius 1 is 1.41 bits per heavy atom. The highest BCUT2D eigenvalue weighted by Crippen LogP contribution is 2.23. The first kappa shape index (κ1) is 15.3. The van der Waals surface area contributed by atoms with Crippen LogP contribution in [0.5, 0.6) is 5.88 Å². The molecule has 2 saturated heterocycles. The van der Waals surface area contributed by atoms with Crippen molar-refractivity contribution in [2.24, 2.45) is 5.92 Å². The van der Waals surface area contributed by atoms with Crippen LogP contribution in [0.4, 0.5) is 0 Å². The number of amides is 2. The van der Waals surface area contributed by atoms with E-state index in [9.17, 15) is 9.59 Å². The summed E-state index contributed by atoms with van der Waals surface area (Å²) in [6.07, 6.45) is 2.77. The number of rotatable bonds is 3. The average molecular weight is 368 g/mol. The van der Waals surface area contributed by atoms with E-state index >= 15 is 0 Å². The maximum atomic E-state index is 12.5. The van der Waals surface area contributed by atoms with Crippen molar-refractivity contribution < 1.29 is 14.3 Å². The van der Waals surface area contributed by atoms with Crippen LogP contribution in [-0.2, 0) is 9.59 Å². The zero-order chi connectivity index (χ0) is 15.7. The van der Waals surface area contributed by atoms with Crippen LogP contribution in [0, 0.1) is 5.92 Å². The summed E-state index contributed by atoms with van der Waals surface area (Å²) < 4.78 is 6.71. The van der Waals surface area contributed by atoms with Crippen molar-refractivity contribution >= 4 is 27.7 Å². The number of carbonyl (C=O) groups excluding carboxylic acids is 2. The van der Waals surface area contributed by atoms with Crippen LogP contribution in [0.15, 0.2) is 22.8 Å². The summed E-state index contributed by atoms with van der Waals surface area (Å²) in [5.74, 6) is 0.470. The Balaban J connectivity index is 1.54. The van der Waals surface area contributed by atoms with Crippen molar-refractivity contribution in [3.63, 3.8) is 0 Å². The lowest BCUT2D eigenvalue weighted by atomic mass is 10.1. The monoisotopic (exact) mass is 367 g/mol. The Kier molecular flexibility index (Phi) is 4.33. The second-order valence-electron chi connectivity index (χ2n) is 5.80. The molecule has 2 aliphatic heterocycles. The molecule has 1 aromatic heterocycles. The zero-order valence-electron chi connectivity index (χ0n) is 12.4. The van der Waals surface area contributed by atoms with E-state index in [2.05, 4.69) is 20.9 Å². The summed E-state index contributed by atoms with van der Waals surface area (Å²) in [5.41, 5.74) is 0. The Hall–Kier alpha value is -1.63. The number of hydrogen-bond acceptors (Lipinski definition) is 4. The molecular weight excluding hydrogens is 350 g/mol. The third-order valence-electron chi connectivity index (χ3n) is 4.13. The number of hydrogen-bond donors (Lipinski definition) is 0. The lowest BCUT2D eigenvalue weighted by Gasteiger charge is -2.20. The van der Waals surface area contributed by atoms with Gasteiger partial charge in [-0.2, -0.15) is 0 Å². The molecule has 0 saturated carbocycles. The van der Waals surface area contributed by atoms with Gasteiger partial charge in [-0.1, -0.05) is 0 Å². The molecule has 2 atom stereocenters. The van der Waals surface area contributed by atoms with Gasteiger partial charge in [-0.05, 0) is 22.0 Å². The molecule has 1 aromatic rings. The summed E-state index contributed by atoms with van der Waals surface area (Å²) in [6.45, 7) is 1.76. The molecule has 0 bridgehead atoms. The van der Waals surface area contributed by atoms with Crippen molar-refractivity contribution in [3.8, 4) is 5.88 Å². The first-order chi connectivity index (χ1) is 10.5. The van der Waals surface area contributed by atoms with Crippen molar-refractivity contribution in [1.29, 1.82) is 0 Å². The molecule has 2 amide bonds. The Labute approximate surface area is 137 Å². The maximum absolute atomic E-state index is 12.5. The van der Waals surface area contributed by atoms with Crippen LogP contribution >= 0.6 is 15.9 Å². The van der Waals surface area contributed by atoms with E-state index in [4.69, 9.17) is 4.74 Å². The van der Waals surface area contributed by atoms with Gasteiger partial charge in [-0.25, -0.2) is 4.98 Å². The minimum atomic E-state index is -0.206. The number of ether oxygens (including phenoxy) is 1. The Morgan fingerprint density at radius 2 is 2.23 bits per heavy atom. The smallest absolute Gasteiger partial charge is 0.228 e. The number of carbonyl (C=O) groups is 2. The van der Waals surface area contributed by atoms with Crippen molar-refractivity contribution in [2.75, 3.05) is 26.7 Å². The van der Waals surface area contributed by atoms with Crippen molar-refractivity contribution in [3.05, 3.63) is 22.8 Å². The molecule has 7 heteroatoms. The van der Waals surface area contributed by atoms with Crippen LogP contribution in [0.2, 0.25) is 0 Å². The number of likely N-dealkylation sites (tertiary alicyclic amines) is 2. The van der Waals surface area contributed by atoms with Gasteiger partial charge in [0.05, 0.1) is 12.5 Å². The fraction of sp³-hybridized carbons (Fsp3) is 0.533. The van der Waals surface area contributed by atoms with Crippen molar-refractivity contribution in [2.45, 2.75) is 18.9 Å². The molecular formula is C15H18BrN3O3. The number of halogens is 1. The molecule has 0 N–H and O–H groups in total.